The molecule has 2 heterocycles. The minimum Gasteiger partial charge on any atom is -0.252 e. The molecule has 4 heteroatoms. The number of nitrogens with zero attached hydrogens (tertiary/aromatic N) is 2. The van der Waals surface area contributed by atoms with Crippen molar-refractivity contribution >= 4 is 0 Å². The Bertz CT molecular complexity index is 489. The van der Waals surface area contributed by atoms with E-state index in [-0.39, 0.29) is 11.6 Å². The summed E-state index contributed by atoms with van der Waals surface area (Å²) in [5.41, 5.74) is 2.08. The van der Waals surface area contributed by atoms with Gasteiger partial charge in [0.1, 0.15) is 11.6 Å². The molecule has 0 aliphatic heterocycles. The summed E-state index contributed by atoms with van der Waals surface area (Å²) in [5, 5.41) is 0. The Balaban J connectivity index is 2.50. The summed E-state index contributed by atoms with van der Waals surface area (Å²) in [4.78, 5) is 7.84. The average molecular weight is 220 g/mol. The van der Waals surface area contributed by atoms with Crippen LogP contribution in [-0.4, -0.2) is 9.97 Å². The van der Waals surface area contributed by atoms with Crippen LogP contribution in [0.2, 0.25) is 0 Å². The number of hydrogen-bond acceptors (Lipinski definition) is 2. The number of halogens is 2. The van der Waals surface area contributed by atoms with Crippen molar-refractivity contribution in [3.8, 4) is 11.4 Å². The van der Waals surface area contributed by atoms with E-state index in [1.54, 1.807) is 26.0 Å². The molecule has 0 radical (unpaired) electrons. The van der Waals surface area contributed by atoms with Gasteiger partial charge in [0.05, 0.1) is 23.8 Å². The summed E-state index contributed by atoms with van der Waals surface area (Å²) < 4.78 is 26.0. The fraction of sp³-hybridized carbons (Fsp3) is 0.167. The van der Waals surface area contributed by atoms with E-state index in [1.807, 2.05) is 0 Å². The lowest BCUT2D eigenvalue weighted by molar-refractivity contribution is 0.610. The molecule has 16 heavy (non-hydrogen) atoms. The summed E-state index contributed by atoms with van der Waals surface area (Å²) in [7, 11) is 0. The number of rotatable bonds is 1. The highest BCUT2D eigenvalue weighted by Crippen LogP contribution is 2.18. The highest BCUT2D eigenvalue weighted by atomic mass is 19.1. The first-order valence-corrected chi connectivity index (χ1v) is 4.82. The minimum absolute atomic E-state index is 0.359. The normalized spacial score (nSPS) is 10.5. The third kappa shape index (κ3) is 1.91. The molecule has 0 unspecified atom stereocenters. The maximum absolute atomic E-state index is 13.0. The van der Waals surface area contributed by atoms with Gasteiger partial charge in [-0.05, 0) is 37.1 Å². The van der Waals surface area contributed by atoms with Crippen LogP contribution in [0.1, 0.15) is 11.1 Å². The lowest BCUT2D eigenvalue weighted by Crippen LogP contribution is -1.93. The Morgan fingerprint density at radius 3 is 1.50 bits per heavy atom. The molecule has 2 nitrogen and oxygen atoms in total. The van der Waals surface area contributed by atoms with Crippen LogP contribution in [-0.2, 0) is 0 Å². The highest BCUT2D eigenvalue weighted by molar-refractivity contribution is 5.55. The minimum atomic E-state index is -0.359. The number of pyridine rings is 2. The van der Waals surface area contributed by atoms with Crippen LogP contribution >= 0.6 is 0 Å². The van der Waals surface area contributed by atoms with Crippen LogP contribution in [0.4, 0.5) is 8.78 Å². The monoisotopic (exact) mass is 220 g/mol. The first-order chi connectivity index (χ1) is 7.58. The average Bonchev–Trinajstić information content (AvgIpc) is 2.26. The van der Waals surface area contributed by atoms with Gasteiger partial charge in [-0.3, -0.25) is 9.97 Å². The van der Waals surface area contributed by atoms with E-state index in [0.717, 1.165) is 12.4 Å². The SMILES string of the molecule is Cc1cc(-c2cc(C)c(F)cn2)ncc1F. The predicted octanol–water partition coefficient (Wildman–Crippen LogP) is 3.04. The van der Waals surface area contributed by atoms with Crippen LogP contribution in [0.3, 0.4) is 0 Å². The van der Waals surface area contributed by atoms with Crippen molar-refractivity contribution in [2.24, 2.45) is 0 Å². The Morgan fingerprint density at radius 1 is 0.812 bits per heavy atom. The predicted molar refractivity (Wildman–Crippen MR) is 56.9 cm³/mol. The molecular weight excluding hydrogens is 210 g/mol. The molecule has 0 fully saturated rings. The van der Waals surface area contributed by atoms with Crippen LogP contribution in [0.15, 0.2) is 24.5 Å². The van der Waals surface area contributed by atoms with Crippen molar-refractivity contribution in [3.63, 3.8) is 0 Å². The van der Waals surface area contributed by atoms with Gasteiger partial charge in [-0.15, -0.1) is 0 Å². The molecule has 2 aromatic rings. The summed E-state index contributed by atoms with van der Waals surface area (Å²) >= 11 is 0. The van der Waals surface area contributed by atoms with Gasteiger partial charge < -0.3 is 0 Å². The molecular formula is C12H10F2N2. The van der Waals surface area contributed by atoms with Gasteiger partial charge in [0, 0.05) is 0 Å². The van der Waals surface area contributed by atoms with Crippen LogP contribution in [0, 0.1) is 25.5 Å². The lowest BCUT2D eigenvalue weighted by Gasteiger charge is -2.03. The molecule has 0 bridgehead atoms. The Morgan fingerprint density at radius 2 is 1.19 bits per heavy atom. The van der Waals surface area contributed by atoms with Gasteiger partial charge in [-0.25, -0.2) is 8.78 Å². The van der Waals surface area contributed by atoms with Gasteiger partial charge in [0.2, 0.25) is 0 Å². The molecule has 0 amide bonds. The maximum Gasteiger partial charge on any atom is 0.144 e. The zero-order valence-electron chi connectivity index (χ0n) is 8.96. The van der Waals surface area contributed by atoms with Gasteiger partial charge in [-0.1, -0.05) is 0 Å². The largest absolute Gasteiger partial charge is 0.252 e. The van der Waals surface area contributed by atoms with Crippen molar-refractivity contribution in [1.82, 2.24) is 9.97 Å². The maximum atomic E-state index is 13.0. The smallest absolute Gasteiger partial charge is 0.144 e. The van der Waals surface area contributed by atoms with E-state index in [0.29, 0.717) is 22.5 Å². The van der Waals surface area contributed by atoms with Gasteiger partial charge in [-0.2, -0.15) is 0 Å². The molecule has 2 aromatic heterocycles. The topological polar surface area (TPSA) is 25.8 Å². The molecule has 0 saturated heterocycles. The van der Waals surface area contributed by atoms with Crippen molar-refractivity contribution in [1.29, 1.82) is 0 Å². The Kier molecular flexibility index (Phi) is 2.64. The second kappa shape index (κ2) is 3.96. The van der Waals surface area contributed by atoms with Crippen molar-refractivity contribution in [3.05, 3.63) is 47.3 Å². The summed E-state index contributed by atoms with van der Waals surface area (Å²) in [6, 6.07) is 3.18. The summed E-state index contributed by atoms with van der Waals surface area (Å²) in [5.74, 6) is -0.717. The molecule has 0 N–H and O–H groups in total. The second-order valence-corrected chi connectivity index (χ2v) is 3.64. The van der Waals surface area contributed by atoms with E-state index in [2.05, 4.69) is 9.97 Å². The third-order valence-electron chi connectivity index (χ3n) is 2.36. The number of aryl methyl sites for hydroxylation is 2. The number of hydrogen-bond donors (Lipinski definition) is 0. The van der Waals surface area contributed by atoms with Crippen molar-refractivity contribution < 1.29 is 8.78 Å². The highest BCUT2D eigenvalue weighted by Gasteiger charge is 2.06. The standard InChI is InChI=1S/C12H10F2N2/c1-7-3-11(15-5-9(7)13)12-4-8(2)10(14)6-16-12/h3-6H,1-2H3. The zero-order valence-corrected chi connectivity index (χ0v) is 8.96. The van der Waals surface area contributed by atoms with E-state index < -0.39 is 0 Å². The van der Waals surface area contributed by atoms with Gasteiger partial charge in [0.15, 0.2) is 0 Å². The Labute approximate surface area is 92.0 Å². The molecule has 0 atom stereocenters. The summed E-state index contributed by atoms with van der Waals surface area (Å²) in [6.45, 7) is 3.30. The van der Waals surface area contributed by atoms with E-state index in [4.69, 9.17) is 0 Å². The van der Waals surface area contributed by atoms with Crippen LogP contribution < -0.4 is 0 Å². The molecule has 0 saturated carbocycles. The molecule has 0 aromatic carbocycles. The first-order valence-electron chi connectivity index (χ1n) is 4.82. The number of aromatic nitrogens is 2. The quantitative estimate of drug-likeness (QED) is 0.738. The molecule has 82 valence electrons. The molecule has 0 aliphatic rings. The second-order valence-electron chi connectivity index (χ2n) is 3.64. The molecule has 0 spiro atoms. The van der Waals surface area contributed by atoms with Crippen LogP contribution in [0.5, 0.6) is 0 Å². The molecule has 0 aliphatic carbocycles. The van der Waals surface area contributed by atoms with E-state index in [1.165, 1.54) is 0 Å². The fourth-order valence-electron chi connectivity index (χ4n) is 1.36. The van der Waals surface area contributed by atoms with Gasteiger partial charge >= 0.3 is 0 Å². The zero-order chi connectivity index (χ0) is 11.7. The third-order valence-corrected chi connectivity index (χ3v) is 2.36. The molecule has 2 rings (SSSR count). The van der Waals surface area contributed by atoms with Crippen molar-refractivity contribution in [2.45, 2.75) is 13.8 Å². The first kappa shape index (κ1) is 10.7. The van der Waals surface area contributed by atoms with Gasteiger partial charge in [0.25, 0.3) is 0 Å². The van der Waals surface area contributed by atoms with E-state index >= 15 is 0 Å². The van der Waals surface area contributed by atoms with E-state index in [9.17, 15) is 8.78 Å². The summed E-state index contributed by atoms with van der Waals surface area (Å²) in [6.07, 6.45) is 2.29. The van der Waals surface area contributed by atoms with Crippen LogP contribution in [0.25, 0.3) is 11.4 Å². The van der Waals surface area contributed by atoms with Crippen molar-refractivity contribution in [2.75, 3.05) is 0 Å². The Hall–Kier alpha value is -1.84. The fourth-order valence-corrected chi connectivity index (χ4v) is 1.36. The lowest BCUT2D eigenvalue weighted by atomic mass is 10.1.